The van der Waals surface area contributed by atoms with Gasteiger partial charge in [-0.15, -0.1) is 11.3 Å². The van der Waals surface area contributed by atoms with Crippen molar-refractivity contribution in [2.75, 3.05) is 45.8 Å². The number of hydrogen-bond donors (Lipinski definition) is 3. The van der Waals surface area contributed by atoms with Gasteiger partial charge in [-0.1, -0.05) is 12.1 Å². The summed E-state index contributed by atoms with van der Waals surface area (Å²) in [4.78, 5) is 39.7. The van der Waals surface area contributed by atoms with Gasteiger partial charge in [-0.25, -0.2) is 0 Å². The van der Waals surface area contributed by atoms with Gasteiger partial charge in [-0.2, -0.15) is 0 Å². The molecule has 0 spiro atoms. The molecule has 0 radical (unpaired) electrons. The minimum atomic E-state index is -0.152. The van der Waals surface area contributed by atoms with Crippen LogP contribution in [0.4, 0.5) is 0 Å². The first-order valence-corrected chi connectivity index (χ1v) is 11.0. The Morgan fingerprint density at radius 2 is 1.67 bits per heavy atom. The summed E-state index contributed by atoms with van der Waals surface area (Å²) in [5.74, 6) is -0.227. The molecule has 1 aliphatic heterocycles. The maximum atomic E-state index is 12.4. The molecular formula is C22H28N4O3S. The second kappa shape index (κ2) is 11.1. The standard InChI is InChI=1S/C22H28N4O3S/c23-15-19(28)21-8-7-20(30-21)18(27)6-3-16-1-4-17(5-2-16)22(29)25-11-14-26-12-9-24-10-13-26/h1-2,4-5,7-8,24H,3,6,9-15,23H2,(H,25,29). The maximum absolute atomic E-state index is 12.4. The van der Waals surface area contributed by atoms with E-state index in [9.17, 15) is 14.4 Å². The van der Waals surface area contributed by atoms with Crippen LogP contribution in [-0.2, 0) is 6.42 Å². The predicted octanol–water partition coefficient (Wildman–Crippen LogP) is 1.34. The molecule has 0 bridgehead atoms. The highest BCUT2D eigenvalue weighted by Gasteiger charge is 2.14. The number of aryl methyl sites for hydroxylation is 1. The van der Waals surface area contributed by atoms with Gasteiger partial charge in [0.25, 0.3) is 5.91 Å². The topological polar surface area (TPSA) is 105 Å². The largest absolute Gasteiger partial charge is 0.351 e. The lowest BCUT2D eigenvalue weighted by molar-refractivity contribution is 0.0944. The van der Waals surface area contributed by atoms with E-state index in [1.807, 2.05) is 12.1 Å². The van der Waals surface area contributed by atoms with E-state index in [2.05, 4.69) is 15.5 Å². The van der Waals surface area contributed by atoms with Crippen LogP contribution in [0.15, 0.2) is 36.4 Å². The van der Waals surface area contributed by atoms with Gasteiger partial charge in [0.2, 0.25) is 0 Å². The summed E-state index contributed by atoms with van der Waals surface area (Å²) in [6.07, 6.45) is 0.939. The molecular weight excluding hydrogens is 400 g/mol. The van der Waals surface area contributed by atoms with Crippen molar-refractivity contribution in [3.8, 4) is 0 Å². The highest BCUT2D eigenvalue weighted by atomic mass is 32.1. The Hall–Kier alpha value is -2.39. The molecule has 30 heavy (non-hydrogen) atoms. The lowest BCUT2D eigenvalue weighted by Crippen LogP contribution is -2.46. The van der Waals surface area contributed by atoms with Gasteiger partial charge >= 0.3 is 0 Å². The van der Waals surface area contributed by atoms with Crippen molar-refractivity contribution in [1.82, 2.24) is 15.5 Å². The predicted molar refractivity (Wildman–Crippen MR) is 118 cm³/mol. The van der Waals surface area contributed by atoms with Crippen LogP contribution in [0.3, 0.4) is 0 Å². The van der Waals surface area contributed by atoms with Crippen LogP contribution >= 0.6 is 11.3 Å². The smallest absolute Gasteiger partial charge is 0.251 e. The first-order valence-electron chi connectivity index (χ1n) is 10.2. The van der Waals surface area contributed by atoms with Crippen molar-refractivity contribution in [1.29, 1.82) is 0 Å². The van der Waals surface area contributed by atoms with E-state index in [0.29, 0.717) is 34.7 Å². The number of ketones is 2. The van der Waals surface area contributed by atoms with Crippen LogP contribution in [-0.4, -0.2) is 68.2 Å². The van der Waals surface area contributed by atoms with E-state index in [1.54, 1.807) is 24.3 Å². The summed E-state index contributed by atoms with van der Waals surface area (Å²) in [7, 11) is 0. The molecule has 2 heterocycles. The van der Waals surface area contributed by atoms with Crippen LogP contribution < -0.4 is 16.4 Å². The fourth-order valence-corrected chi connectivity index (χ4v) is 4.23. The number of hydrogen-bond acceptors (Lipinski definition) is 7. The van der Waals surface area contributed by atoms with Crippen molar-refractivity contribution < 1.29 is 14.4 Å². The molecule has 1 fully saturated rings. The molecule has 3 rings (SSSR count). The Morgan fingerprint density at radius 1 is 1.00 bits per heavy atom. The summed E-state index contributed by atoms with van der Waals surface area (Å²) in [6.45, 7) is 5.46. The number of carbonyl (C=O) groups is 3. The first-order chi connectivity index (χ1) is 14.6. The van der Waals surface area contributed by atoms with Crippen molar-refractivity contribution in [2.24, 2.45) is 5.73 Å². The third-order valence-electron chi connectivity index (χ3n) is 5.12. The van der Waals surface area contributed by atoms with Crippen molar-refractivity contribution in [2.45, 2.75) is 12.8 Å². The number of rotatable bonds is 10. The normalized spacial score (nSPS) is 14.4. The summed E-state index contributed by atoms with van der Waals surface area (Å²) in [5, 5.41) is 6.28. The Labute approximate surface area is 180 Å². The molecule has 0 saturated carbocycles. The quantitative estimate of drug-likeness (QED) is 0.494. The molecule has 0 atom stereocenters. The molecule has 0 aliphatic carbocycles. The minimum Gasteiger partial charge on any atom is -0.351 e. The van der Waals surface area contributed by atoms with Crippen LogP contribution in [0.1, 0.15) is 41.7 Å². The first kappa shape index (κ1) is 22.3. The molecule has 4 N–H and O–H groups in total. The maximum Gasteiger partial charge on any atom is 0.251 e. The van der Waals surface area contributed by atoms with Crippen LogP contribution in [0.25, 0.3) is 0 Å². The number of thiophene rings is 1. The fourth-order valence-electron chi connectivity index (χ4n) is 3.31. The van der Waals surface area contributed by atoms with Gasteiger partial charge in [-0.05, 0) is 36.2 Å². The van der Waals surface area contributed by atoms with Gasteiger partial charge in [-0.3, -0.25) is 19.3 Å². The number of nitrogens with two attached hydrogens (primary N) is 1. The zero-order valence-corrected chi connectivity index (χ0v) is 17.8. The highest BCUT2D eigenvalue weighted by Crippen LogP contribution is 2.19. The molecule has 160 valence electrons. The Bertz CT molecular complexity index is 873. The fraction of sp³-hybridized carbons (Fsp3) is 0.409. The molecule has 1 aliphatic rings. The van der Waals surface area contributed by atoms with Crippen molar-refractivity contribution in [3.05, 3.63) is 57.3 Å². The lowest BCUT2D eigenvalue weighted by Gasteiger charge is -2.27. The van der Waals surface area contributed by atoms with E-state index in [0.717, 1.165) is 38.3 Å². The molecule has 0 unspecified atom stereocenters. The van der Waals surface area contributed by atoms with Crippen LogP contribution in [0.5, 0.6) is 0 Å². The SMILES string of the molecule is NCC(=O)c1ccc(C(=O)CCc2ccc(C(=O)NCCN3CCNCC3)cc2)s1. The summed E-state index contributed by atoms with van der Waals surface area (Å²) >= 11 is 1.19. The molecule has 7 nitrogen and oxygen atoms in total. The van der Waals surface area contributed by atoms with Gasteiger partial charge < -0.3 is 16.4 Å². The molecule has 8 heteroatoms. The van der Waals surface area contributed by atoms with E-state index < -0.39 is 0 Å². The molecule has 1 amide bonds. The summed E-state index contributed by atoms with van der Waals surface area (Å²) in [5.41, 5.74) is 6.97. The Morgan fingerprint density at radius 3 is 2.33 bits per heavy atom. The lowest BCUT2D eigenvalue weighted by atomic mass is 10.0. The summed E-state index contributed by atoms with van der Waals surface area (Å²) in [6, 6.07) is 10.7. The number of carbonyl (C=O) groups excluding carboxylic acids is 3. The third kappa shape index (κ3) is 6.30. The Kier molecular flexibility index (Phi) is 8.27. The van der Waals surface area contributed by atoms with Crippen molar-refractivity contribution in [3.63, 3.8) is 0 Å². The van der Waals surface area contributed by atoms with E-state index in [1.165, 1.54) is 11.3 Å². The molecule has 1 saturated heterocycles. The number of amides is 1. The molecule has 1 aromatic heterocycles. The monoisotopic (exact) mass is 428 g/mol. The minimum absolute atomic E-state index is 0.00537. The zero-order valence-electron chi connectivity index (χ0n) is 17.0. The Balaban J connectivity index is 1.43. The van der Waals surface area contributed by atoms with Gasteiger partial charge in [0.15, 0.2) is 11.6 Å². The van der Waals surface area contributed by atoms with E-state index in [4.69, 9.17) is 5.73 Å². The van der Waals surface area contributed by atoms with Gasteiger partial charge in [0, 0.05) is 51.3 Å². The van der Waals surface area contributed by atoms with Gasteiger partial charge in [0.1, 0.15) is 0 Å². The second-order valence-electron chi connectivity index (χ2n) is 7.26. The van der Waals surface area contributed by atoms with E-state index in [-0.39, 0.29) is 24.0 Å². The van der Waals surface area contributed by atoms with Crippen LogP contribution in [0.2, 0.25) is 0 Å². The second-order valence-corrected chi connectivity index (χ2v) is 8.34. The number of nitrogens with zero attached hydrogens (tertiary/aromatic N) is 1. The summed E-state index contributed by atoms with van der Waals surface area (Å²) < 4.78 is 0. The number of nitrogens with one attached hydrogen (secondary N) is 2. The van der Waals surface area contributed by atoms with Gasteiger partial charge in [0.05, 0.1) is 16.3 Å². The average molecular weight is 429 g/mol. The third-order valence-corrected chi connectivity index (χ3v) is 6.29. The number of Topliss-reactive ketones (excluding diaryl/α,β-unsaturated/α-hetero) is 2. The zero-order chi connectivity index (χ0) is 21.3. The van der Waals surface area contributed by atoms with Crippen molar-refractivity contribution >= 4 is 28.8 Å². The highest BCUT2D eigenvalue weighted by molar-refractivity contribution is 7.16. The van der Waals surface area contributed by atoms with Crippen LogP contribution in [0, 0.1) is 0 Å². The molecule has 2 aromatic rings. The number of piperazine rings is 1. The van der Waals surface area contributed by atoms with E-state index >= 15 is 0 Å². The number of benzene rings is 1. The molecule has 1 aromatic carbocycles. The average Bonchev–Trinajstić information content (AvgIpc) is 3.28.